The molecule has 1 aliphatic heterocycles. The Kier molecular flexibility index (Phi) is 6.08. The van der Waals surface area contributed by atoms with Gasteiger partial charge in [-0.05, 0) is 32.4 Å². The zero-order valence-electron chi connectivity index (χ0n) is 11.3. The van der Waals surface area contributed by atoms with E-state index in [1.807, 2.05) is 11.8 Å². The SMILES string of the molecule is CCCN(C(=O)CCS(C)(=O)=O)C1CCNCC1. The minimum atomic E-state index is -3.06. The van der Waals surface area contributed by atoms with E-state index in [0.29, 0.717) is 0 Å². The zero-order chi connectivity index (χ0) is 13.6. The second kappa shape index (κ2) is 7.09. The maximum absolute atomic E-state index is 12.1. The first-order chi connectivity index (χ1) is 8.44. The fraction of sp³-hybridized carbons (Fsp3) is 0.917. The molecule has 18 heavy (non-hydrogen) atoms. The van der Waals surface area contributed by atoms with Crippen molar-refractivity contribution in [1.29, 1.82) is 0 Å². The Morgan fingerprint density at radius 2 is 1.94 bits per heavy atom. The molecule has 1 N–H and O–H groups in total. The third-order valence-electron chi connectivity index (χ3n) is 3.22. The largest absolute Gasteiger partial charge is 0.340 e. The van der Waals surface area contributed by atoms with Gasteiger partial charge in [0, 0.05) is 25.3 Å². The van der Waals surface area contributed by atoms with Gasteiger partial charge in [-0.15, -0.1) is 0 Å². The van der Waals surface area contributed by atoms with E-state index in [0.717, 1.165) is 38.9 Å². The summed E-state index contributed by atoms with van der Waals surface area (Å²) >= 11 is 0. The van der Waals surface area contributed by atoms with Crippen LogP contribution >= 0.6 is 0 Å². The van der Waals surface area contributed by atoms with Crippen LogP contribution < -0.4 is 5.32 Å². The molecular weight excluding hydrogens is 252 g/mol. The normalized spacial score (nSPS) is 17.7. The lowest BCUT2D eigenvalue weighted by atomic mass is 10.0. The summed E-state index contributed by atoms with van der Waals surface area (Å²) in [6.45, 7) is 4.64. The summed E-state index contributed by atoms with van der Waals surface area (Å²) in [6, 6.07) is 0.276. The van der Waals surface area contributed by atoms with E-state index in [9.17, 15) is 13.2 Å². The predicted molar refractivity (Wildman–Crippen MR) is 72.2 cm³/mol. The predicted octanol–water partition coefficient (Wildman–Crippen LogP) is 0.412. The molecule has 1 aliphatic rings. The second-order valence-corrected chi connectivity index (χ2v) is 7.21. The van der Waals surface area contributed by atoms with Crippen LogP contribution in [0.4, 0.5) is 0 Å². The van der Waals surface area contributed by atoms with E-state index < -0.39 is 9.84 Å². The molecular formula is C12H24N2O3S. The third kappa shape index (κ3) is 5.35. The number of hydrogen-bond donors (Lipinski definition) is 1. The van der Waals surface area contributed by atoms with Crippen LogP contribution in [-0.2, 0) is 14.6 Å². The van der Waals surface area contributed by atoms with E-state index in [1.165, 1.54) is 6.26 Å². The van der Waals surface area contributed by atoms with Crippen molar-refractivity contribution in [3.05, 3.63) is 0 Å². The monoisotopic (exact) mass is 276 g/mol. The van der Waals surface area contributed by atoms with Crippen molar-refractivity contribution >= 4 is 15.7 Å². The standard InChI is InChI=1S/C12H24N2O3S/c1-3-9-14(11-4-7-13-8-5-11)12(15)6-10-18(2,16)17/h11,13H,3-10H2,1-2H3. The minimum absolute atomic E-state index is 0.0193. The Morgan fingerprint density at radius 3 is 2.44 bits per heavy atom. The average molecular weight is 276 g/mol. The van der Waals surface area contributed by atoms with Crippen molar-refractivity contribution < 1.29 is 13.2 Å². The molecule has 1 amide bonds. The van der Waals surface area contributed by atoms with Crippen LogP contribution in [0.15, 0.2) is 0 Å². The van der Waals surface area contributed by atoms with Crippen molar-refractivity contribution in [3.8, 4) is 0 Å². The lowest BCUT2D eigenvalue weighted by Gasteiger charge is -2.34. The van der Waals surface area contributed by atoms with Crippen molar-refractivity contribution in [3.63, 3.8) is 0 Å². The highest BCUT2D eigenvalue weighted by atomic mass is 32.2. The molecule has 5 nitrogen and oxygen atoms in total. The van der Waals surface area contributed by atoms with Crippen molar-refractivity contribution in [2.24, 2.45) is 0 Å². The maximum atomic E-state index is 12.1. The van der Waals surface area contributed by atoms with Crippen LogP contribution in [0.2, 0.25) is 0 Å². The molecule has 1 rings (SSSR count). The highest BCUT2D eigenvalue weighted by Crippen LogP contribution is 2.14. The molecule has 0 bridgehead atoms. The number of carbonyl (C=O) groups is 1. The summed E-state index contributed by atoms with van der Waals surface area (Å²) in [5.74, 6) is -0.0639. The number of rotatable bonds is 6. The van der Waals surface area contributed by atoms with Crippen molar-refractivity contribution in [2.75, 3.05) is 31.6 Å². The Morgan fingerprint density at radius 1 is 1.33 bits per heavy atom. The quantitative estimate of drug-likeness (QED) is 0.763. The van der Waals surface area contributed by atoms with Crippen LogP contribution in [0.1, 0.15) is 32.6 Å². The first-order valence-electron chi connectivity index (χ1n) is 6.62. The summed E-state index contributed by atoms with van der Waals surface area (Å²) < 4.78 is 22.2. The Labute approximate surface area is 110 Å². The van der Waals surface area contributed by atoms with E-state index in [4.69, 9.17) is 0 Å². The summed E-state index contributed by atoms with van der Waals surface area (Å²) in [4.78, 5) is 14.0. The minimum Gasteiger partial charge on any atom is -0.340 e. The zero-order valence-corrected chi connectivity index (χ0v) is 12.1. The fourth-order valence-electron chi connectivity index (χ4n) is 2.29. The van der Waals surface area contributed by atoms with Crippen LogP contribution in [0, 0.1) is 0 Å². The molecule has 1 heterocycles. The van der Waals surface area contributed by atoms with Gasteiger partial charge < -0.3 is 10.2 Å². The molecule has 1 fully saturated rings. The molecule has 0 aromatic heterocycles. The molecule has 0 unspecified atom stereocenters. The van der Waals surface area contributed by atoms with E-state index in [2.05, 4.69) is 5.32 Å². The number of sulfone groups is 1. The van der Waals surface area contributed by atoms with Gasteiger partial charge in [-0.2, -0.15) is 0 Å². The van der Waals surface area contributed by atoms with Crippen LogP contribution in [0.3, 0.4) is 0 Å². The summed E-state index contributed by atoms with van der Waals surface area (Å²) in [5.41, 5.74) is 0. The van der Waals surface area contributed by atoms with Crippen LogP contribution in [0.25, 0.3) is 0 Å². The molecule has 106 valence electrons. The van der Waals surface area contributed by atoms with Gasteiger partial charge in [0.2, 0.25) is 5.91 Å². The van der Waals surface area contributed by atoms with Gasteiger partial charge in [0.15, 0.2) is 0 Å². The molecule has 1 saturated heterocycles. The van der Waals surface area contributed by atoms with Gasteiger partial charge in [-0.3, -0.25) is 4.79 Å². The van der Waals surface area contributed by atoms with Crippen molar-refractivity contribution in [1.82, 2.24) is 10.2 Å². The number of piperidine rings is 1. The van der Waals surface area contributed by atoms with Gasteiger partial charge in [0.1, 0.15) is 9.84 Å². The van der Waals surface area contributed by atoms with E-state index in [-0.39, 0.29) is 24.1 Å². The number of nitrogens with one attached hydrogen (secondary N) is 1. The maximum Gasteiger partial charge on any atom is 0.223 e. The van der Waals surface area contributed by atoms with Gasteiger partial charge in [0.25, 0.3) is 0 Å². The number of carbonyl (C=O) groups excluding carboxylic acids is 1. The smallest absolute Gasteiger partial charge is 0.223 e. The average Bonchev–Trinajstić information content (AvgIpc) is 2.33. The highest BCUT2D eigenvalue weighted by molar-refractivity contribution is 7.90. The van der Waals surface area contributed by atoms with Crippen LogP contribution in [-0.4, -0.2) is 56.9 Å². The van der Waals surface area contributed by atoms with Gasteiger partial charge in [0.05, 0.1) is 5.75 Å². The number of hydrogen-bond acceptors (Lipinski definition) is 4. The first kappa shape index (κ1) is 15.4. The second-order valence-electron chi connectivity index (χ2n) is 4.95. The molecule has 0 aromatic rings. The fourth-order valence-corrected chi connectivity index (χ4v) is 2.83. The molecule has 0 radical (unpaired) electrons. The van der Waals surface area contributed by atoms with E-state index in [1.54, 1.807) is 0 Å². The third-order valence-corrected chi connectivity index (χ3v) is 4.17. The molecule has 0 atom stereocenters. The first-order valence-corrected chi connectivity index (χ1v) is 8.68. The number of nitrogens with zero attached hydrogens (tertiary/aromatic N) is 1. The van der Waals surface area contributed by atoms with Gasteiger partial charge in [-0.25, -0.2) is 8.42 Å². The van der Waals surface area contributed by atoms with Crippen molar-refractivity contribution in [2.45, 2.75) is 38.6 Å². The molecule has 6 heteroatoms. The molecule has 0 aromatic carbocycles. The van der Waals surface area contributed by atoms with E-state index >= 15 is 0 Å². The van der Waals surface area contributed by atoms with Gasteiger partial charge >= 0.3 is 0 Å². The summed E-state index contributed by atoms with van der Waals surface area (Å²) in [7, 11) is -3.06. The summed E-state index contributed by atoms with van der Waals surface area (Å²) in [6.07, 6.45) is 4.13. The molecule has 0 spiro atoms. The lowest BCUT2D eigenvalue weighted by molar-refractivity contribution is -0.133. The Balaban J connectivity index is 2.56. The Hall–Kier alpha value is -0.620. The van der Waals surface area contributed by atoms with Crippen LogP contribution in [0.5, 0.6) is 0 Å². The topological polar surface area (TPSA) is 66.5 Å². The molecule has 0 aliphatic carbocycles. The molecule has 0 saturated carbocycles. The summed E-state index contributed by atoms with van der Waals surface area (Å²) in [5, 5.41) is 3.27. The highest BCUT2D eigenvalue weighted by Gasteiger charge is 2.24. The van der Waals surface area contributed by atoms with Gasteiger partial charge in [-0.1, -0.05) is 6.92 Å². The lowest BCUT2D eigenvalue weighted by Crippen LogP contribution is -2.46. The number of amides is 1. The Bertz CT molecular complexity index is 362.